The van der Waals surface area contributed by atoms with Crippen molar-refractivity contribution >= 4 is 11.9 Å². The summed E-state index contributed by atoms with van der Waals surface area (Å²) < 4.78 is 5.46. The SMILES string of the molecule is CCCCCCCC/C=C\CCCCCCCCCC(=O)OCCCCC/C=C\CCCCCCCC(=O)NC(CO)C(O)CCCCCCCCCCCCCCCCCCCCCCC. The van der Waals surface area contributed by atoms with Crippen molar-refractivity contribution in [1.82, 2.24) is 5.32 Å². The predicted octanol–water partition coefficient (Wildman–Crippen LogP) is 18.6. The Labute approximate surface area is 418 Å². The standard InChI is InChI=1S/C61H117NO5/c1-3-5-7-9-11-13-15-17-19-21-22-23-24-26-27-29-33-37-41-45-49-53-59(64)58(57-63)62-60(65)54-50-46-42-38-34-31-32-36-40-44-48-52-56-67-61(66)55-51-47-43-39-35-30-28-25-20-18-16-14-12-10-8-6-4-2/h18,20,32,36,58-59,63-64H,3-17,19,21-31,33-35,37-57H2,1-2H3,(H,62,65)/b20-18-,36-32-. The van der Waals surface area contributed by atoms with Gasteiger partial charge in [-0.3, -0.25) is 9.59 Å². The Morgan fingerprint density at radius 1 is 0.403 bits per heavy atom. The number of carbonyl (C=O) groups excluding carboxylic acids is 2. The fraction of sp³-hybridized carbons (Fsp3) is 0.902. The molecule has 0 heterocycles. The molecular weight excluding hydrogens is 827 g/mol. The van der Waals surface area contributed by atoms with E-state index < -0.39 is 12.1 Å². The highest BCUT2D eigenvalue weighted by Crippen LogP contribution is 2.17. The second-order valence-electron chi connectivity index (χ2n) is 20.7. The first-order chi connectivity index (χ1) is 33.0. The number of aliphatic hydroxyl groups is 2. The second-order valence-corrected chi connectivity index (χ2v) is 20.7. The van der Waals surface area contributed by atoms with Crippen LogP contribution in [0.3, 0.4) is 0 Å². The smallest absolute Gasteiger partial charge is 0.305 e. The molecule has 0 bridgehead atoms. The van der Waals surface area contributed by atoms with Gasteiger partial charge in [-0.2, -0.15) is 0 Å². The van der Waals surface area contributed by atoms with Crippen LogP contribution in [-0.4, -0.2) is 47.4 Å². The Morgan fingerprint density at radius 3 is 1.06 bits per heavy atom. The van der Waals surface area contributed by atoms with Crippen LogP contribution in [-0.2, 0) is 14.3 Å². The zero-order valence-electron chi connectivity index (χ0n) is 45.1. The lowest BCUT2D eigenvalue weighted by atomic mass is 10.0. The molecule has 0 aliphatic rings. The lowest BCUT2D eigenvalue weighted by Crippen LogP contribution is -2.45. The molecule has 396 valence electrons. The molecule has 0 radical (unpaired) electrons. The quantitative estimate of drug-likeness (QED) is 0.0321. The highest BCUT2D eigenvalue weighted by Gasteiger charge is 2.20. The fourth-order valence-electron chi connectivity index (χ4n) is 9.34. The van der Waals surface area contributed by atoms with Crippen molar-refractivity contribution in [1.29, 1.82) is 0 Å². The van der Waals surface area contributed by atoms with Gasteiger partial charge in [0.05, 0.1) is 25.4 Å². The van der Waals surface area contributed by atoms with Crippen LogP contribution in [0.15, 0.2) is 24.3 Å². The summed E-state index contributed by atoms with van der Waals surface area (Å²) in [6, 6.07) is -0.561. The lowest BCUT2D eigenvalue weighted by molar-refractivity contribution is -0.143. The third-order valence-electron chi connectivity index (χ3n) is 14.0. The maximum absolute atomic E-state index is 12.5. The molecule has 67 heavy (non-hydrogen) atoms. The lowest BCUT2D eigenvalue weighted by Gasteiger charge is -2.22. The molecule has 1 amide bonds. The molecule has 0 saturated carbocycles. The van der Waals surface area contributed by atoms with Crippen molar-refractivity contribution in [2.75, 3.05) is 13.2 Å². The number of aliphatic hydroxyl groups excluding tert-OH is 2. The van der Waals surface area contributed by atoms with Gasteiger partial charge in [-0.1, -0.05) is 256 Å². The number of nitrogens with one attached hydrogen (secondary N) is 1. The highest BCUT2D eigenvalue weighted by atomic mass is 16.5. The van der Waals surface area contributed by atoms with Gasteiger partial charge < -0.3 is 20.3 Å². The Morgan fingerprint density at radius 2 is 0.701 bits per heavy atom. The normalized spacial score (nSPS) is 12.7. The van der Waals surface area contributed by atoms with E-state index in [-0.39, 0.29) is 18.5 Å². The van der Waals surface area contributed by atoms with E-state index in [0.717, 1.165) is 77.0 Å². The number of esters is 1. The number of unbranched alkanes of at least 4 members (excludes halogenated alkanes) is 41. The molecule has 0 aromatic carbocycles. The second kappa shape index (κ2) is 56.9. The van der Waals surface area contributed by atoms with E-state index >= 15 is 0 Å². The third-order valence-corrected chi connectivity index (χ3v) is 14.0. The van der Waals surface area contributed by atoms with Gasteiger partial charge in [-0.05, 0) is 83.5 Å². The summed E-state index contributed by atoms with van der Waals surface area (Å²) in [5.74, 6) is -0.0833. The molecule has 0 aliphatic carbocycles. The van der Waals surface area contributed by atoms with Gasteiger partial charge in [0.1, 0.15) is 0 Å². The van der Waals surface area contributed by atoms with Gasteiger partial charge >= 0.3 is 5.97 Å². The van der Waals surface area contributed by atoms with Gasteiger partial charge in [0.25, 0.3) is 0 Å². The Hall–Kier alpha value is -1.66. The average Bonchev–Trinajstić information content (AvgIpc) is 3.33. The van der Waals surface area contributed by atoms with Crippen LogP contribution in [0.25, 0.3) is 0 Å². The van der Waals surface area contributed by atoms with E-state index in [1.807, 2.05) is 0 Å². The van der Waals surface area contributed by atoms with Gasteiger partial charge in [0, 0.05) is 12.8 Å². The zero-order chi connectivity index (χ0) is 48.6. The molecule has 0 aromatic heterocycles. The first-order valence-corrected chi connectivity index (χ1v) is 30.1. The fourth-order valence-corrected chi connectivity index (χ4v) is 9.34. The first kappa shape index (κ1) is 65.3. The van der Waals surface area contributed by atoms with Crippen molar-refractivity contribution in [3.8, 4) is 0 Å². The molecule has 6 nitrogen and oxygen atoms in total. The summed E-state index contributed by atoms with van der Waals surface area (Å²) in [5.41, 5.74) is 0. The van der Waals surface area contributed by atoms with Gasteiger partial charge in [-0.25, -0.2) is 0 Å². The molecule has 3 N–H and O–H groups in total. The maximum atomic E-state index is 12.5. The molecule has 2 atom stereocenters. The summed E-state index contributed by atoms with van der Waals surface area (Å²) in [5, 5.41) is 23.3. The van der Waals surface area contributed by atoms with Gasteiger partial charge in [-0.15, -0.1) is 0 Å². The molecule has 6 heteroatoms. The maximum Gasteiger partial charge on any atom is 0.305 e. The molecule has 0 rings (SSSR count). The number of hydrogen-bond acceptors (Lipinski definition) is 5. The summed E-state index contributed by atoms with van der Waals surface area (Å²) in [6.07, 6.45) is 68.9. The van der Waals surface area contributed by atoms with E-state index in [1.165, 1.54) is 218 Å². The minimum atomic E-state index is -0.682. The van der Waals surface area contributed by atoms with Crippen LogP contribution in [0.1, 0.15) is 328 Å². The van der Waals surface area contributed by atoms with E-state index in [2.05, 4.69) is 43.5 Å². The van der Waals surface area contributed by atoms with Crippen LogP contribution >= 0.6 is 0 Å². The third kappa shape index (κ3) is 53.5. The average molecular weight is 945 g/mol. The number of hydrogen-bond donors (Lipinski definition) is 3. The number of rotatable bonds is 56. The van der Waals surface area contributed by atoms with Gasteiger partial charge in [0.15, 0.2) is 0 Å². The molecule has 0 aromatic rings. The summed E-state index contributed by atoms with van der Waals surface area (Å²) in [7, 11) is 0. The van der Waals surface area contributed by atoms with Crippen molar-refractivity contribution in [2.45, 2.75) is 341 Å². The van der Waals surface area contributed by atoms with Crippen LogP contribution < -0.4 is 5.32 Å². The highest BCUT2D eigenvalue weighted by molar-refractivity contribution is 5.76. The first-order valence-electron chi connectivity index (χ1n) is 30.1. The van der Waals surface area contributed by atoms with Crippen LogP contribution in [0, 0.1) is 0 Å². The number of ether oxygens (including phenoxy) is 1. The largest absolute Gasteiger partial charge is 0.466 e. The minimum Gasteiger partial charge on any atom is -0.466 e. The Kier molecular flexibility index (Phi) is 55.5. The molecule has 2 unspecified atom stereocenters. The van der Waals surface area contributed by atoms with E-state index in [4.69, 9.17) is 4.74 Å². The Balaban J connectivity index is 3.48. The zero-order valence-corrected chi connectivity index (χ0v) is 45.1. The van der Waals surface area contributed by atoms with Crippen LogP contribution in [0.5, 0.6) is 0 Å². The minimum absolute atomic E-state index is 0.0252. The van der Waals surface area contributed by atoms with Gasteiger partial charge in [0.2, 0.25) is 5.91 Å². The van der Waals surface area contributed by atoms with E-state index in [1.54, 1.807) is 0 Å². The predicted molar refractivity (Wildman–Crippen MR) is 292 cm³/mol. The summed E-state index contributed by atoms with van der Waals surface area (Å²) >= 11 is 0. The topological polar surface area (TPSA) is 95.9 Å². The molecule has 0 aliphatic heterocycles. The molecule has 0 spiro atoms. The number of amides is 1. The summed E-state index contributed by atoms with van der Waals surface area (Å²) in [6.45, 7) is 4.91. The van der Waals surface area contributed by atoms with E-state index in [9.17, 15) is 19.8 Å². The van der Waals surface area contributed by atoms with Crippen molar-refractivity contribution < 1.29 is 24.5 Å². The van der Waals surface area contributed by atoms with Crippen LogP contribution in [0.4, 0.5) is 0 Å². The van der Waals surface area contributed by atoms with Crippen molar-refractivity contribution in [3.05, 3.63) is 24.3 Å². The number of allylic oxidation sites excluding steroid dienone is 4. The van der Waals surface area contributed by atoms with Crippen molar-refractivity contribution in [3.63, 3.8) is 0 Å². The summed E-state index contributed by atoms with van der Waals surface area (Å²) in [4.78, 5) is 24.6. The van der Waals surface area contributed by atoms with Crippen LogP contribution in [0.2, 0.25) is 0 Å². The molecule has 0 fully saturated rings. The van der Waals surface area contributed by atoms with E-state index in [0.29, 0.717) is 25.9 Å². The molecular formula is C61H117NO5. The number of carbonyl (C=O) groups is 2. The monoisotopic (exact) mass is 944 g/mol. The molecule has 0 saturated heterocycles. The van der Waals surface area contributed by atoms with Crippen molar-refractivity contribution in [2.24, 2.45) is 0 Å². The Bertz CT molecular complexity index is 1040.